The number of methoxy groups -OCH3 is 1. The molecule has 1 aliphatic heterocycles. The van der Waals surface area contributed by atoms with Crippen LogP contribution in [0.4, 0.5) is 15.9 Å². The molecule has 0 amide bonds. The Morgan fingerprint density at radius 3 is 3.05 bits per heavy atom. The molecule has 1 aromatic heterocycles. The third kappa shape index (κ3) is 2.55. The van der Waals surface area contributed by atoms with Gasteiger partial charge in [-0.1, -0.05) is 6.07 Å². The average molecular weight is 274 g/mol. The summed E-state index contributed by atoms with van der Waals surface area (Å²) in [5, 5.41) is 6.41. The SMILES string of the molecule is COc1nc2c(c(Nc3cccc(F)c3)n1)CCNC2. The molecule has 5 nitrogen and oxygen atoms in total. The minimum absolute atomic E-state index is 0.286. The van der Waals surface area contributed by atoms with E-state index in [2.05, 4.69) is 20.6 Å². The van der Waals surface area contributed by atoms with Gasteiger partial charge in [0.2, 0.25) is 0 Å². The molecule has 1 aromatic carbocycles. The number of fused-ring (bicyclic) bond motifs is 1. The lowest BCUT2D eigenvalue weighted by molar-refractivity contribution is 0.376. The summed E-state index contributed by atoms with van der Waals surface area (Å²) in [4.78, 5) is 8.68. The van der Waals surface area contributed by atoms with Gasteiger partial charge in [-0.25, -0.2) is 4.39 Å². The van der Waals surface area contributed by atoms with E-state index in [1.54, 1.807) is 12.1 Å². The maximum absolute atomic E-state index is 13.2. The molecule has 2 N–H and O–H groups in total. The van der Waals surface area contributed by atoms with Crippen molar-refractivity contribution in [3.8, 4) is 6.01 Å². The van der Waals surface area contributed by atoms with Crippen molar-refractivity contribution in [3.05, 3.63) is 41.3 Å². The summed E-state index contributed by atoms with van der Waals surface area (Å²) in [5.41, 5.74) is 2.63. The molecule has 6 heteroatoms. The van der Waals surface area contributed by atoms with Crippen LogP contribution in [-0.4, -0.2) is 23.6 Å². The number of aromatic nitrogens is 2. The Bertz CT molecular complexity index is 633. The third-order valence-electron chi connectivity index (χ3n) is 3.19. The minimum Gasteiger partial charge on any atom is -0.467 e. The van der Waals surface area contributed by atoms with Gasteiger partial charge < -0.3 is 15.4 Å². The first kappa shape index (κ1) is 12.8. The lowest BCUT2D eigenvalue weighted by Gasteiger charge is -2.20. The highest BCUT2D eigenvalue weighted by Gasteiger charge is 2.18. The molecule has 3 rings (SSSR count). The number of nitrogens with one attached hydrogen (secondary N) is 2. The monoisotopic (exact) mass is 274 g/mol. The molecule has 0 unspecified atom stereocenters. The van der Waals surface area contributed by atoms with E-state index in [1.807, 2.05) is 0 Å². The largest absolute Gasteiger partial charge is 0.467 e. The Morgan fingerprint density at radius 1 is 1.35 bits per heavy atom. The van der Waals surface area contributed by atoms with Crippen LogP contribution in [-0.2, 0) is 13.0 Å². The fraction of sp³-hybridized carbons (Fsp3) is 0.286. The number of benzene rings is 1. The Kier molecular flexibility index (Phi) is 3.47. The Balaban J connectivity index is 1.99. The molecule has 0 atom stereocenters. The maximum Gasteiger partial charge on any atom is 0.318 e. The van der Waals surface area contributed by atoms with Gasteiger partial charge in [-0.2, -0.15) is 9.97 Å². The topological polar surface area (TPSA) is 59.1 Å². The highest BCUT2D eigenvalue weighted by Crippen LogP contribution is 2.25. The van der Waals surface area contributed by atoms with Gasteiger partial charge in [0.25, 0.3) is 0 Å². The summed E-state index contributed by atoms with van der Waals surface area (Å²) in [5.74, 6) is 0.394. The van der Waals surface area contributed by atoms with Crippen LogP contribution in [0, 0.1) is 5.82 Å². The Morgan fingerprint density at radius 2 is 2.25 bits per heavy atom. The van der Waals surface area contributed by atoms with Gasteiger partial charge in [0.15, 0.2) is 0 Å². The van der Waals surface area contributed by atoms with Crippen LogP contribution < -0.4 is 15.4 Å². The molecule has 0 aliphatic carbocycles. The van der Waals surface area contributed by atoms with Gasteiger partial charge in [-0.3, -0.25) is 0 Å². The molecular weight excluding hydrogens is 259 g/mol. The van der Waals surface area contributed by atoms with Crippen molar-refractivity contribution < 1.29 is 9.13 Å². The summed E-state index contributed by atoms with van der Waals surface area (Å²) < 4.78 is 18.4. The van der Waals surface area contributed by atoms with E-state index in [0.29, 0.717) is 24.1 Å². The number of nitrogens with zero attached hydrogens (tertiary/aromatic N) is 2. The molecule has 104 valence electrons. The first-order valence-electron chi connectivity index (χ1n) is 6.43. The standard InChI is InChI=1S/C14H15FN4O/c1-20-14-18-12-8-16-6-5-11(12)13(19-14)17-10-4-2-3-9(15)7-10/h2-4,7,16H,5-6,8H2,1H3,(H,17,18,19). The quantitative estimate of drug-likeness (QED) is 0.896. The first-order chi connectivity index (χ1) is 9.76. The van der Waals surface area contributed by atoms with Crippen molar-refractivity contribution in [2.45, 2.75) is 13.0 Å². The summed E-state index contributed by atoms with van der Waals surface area (Å²) in [6.07, 6.45) is 0.830. The van der Waals surface area contributed by atoms with Crippen molar-refractivity contribution in [2.24, 2.45) is 0 Å². The highest BCUT2D eigenvalue weighted by atomic mass is 19.1. The van der Waals surface area contributed by atoms with Crippen molar-refractivity contribution >= 4 is 11.5 Å². The van der Waals surface area contributed by atoms with E-state index < -0.39 is 0 Å². The van der Waals surface area contributed by atoms with E-state index in [-0.39, 0.29) is 5.82 Å². The van der Waals surface area contributed by atoms with Crippen molar-refractivity contribution in [2.75, 3.05) is 19.0 Å². The van der Waals surface area contributed by atoms with Crippen molar-refractivity contribution in [1.82, 2.24) is 15.3 Å². The lowest BCUT2D eigenvalue weighted by atomic mass is 10.1. The van der Waals surface area contributed by atoms with E-state index in [1.165, 1.54) is 19.2 Å². The molecule has 0 radical (unpaired) electrons. The second-order valence-electron chi connectivity index (χ2n) is 4.55. The zero-order valence-corrected chi connectivity index (χ0v) is 11.1. The van der Waals surface area contributed by atoms with E-state index in [0.717, 1.165) is 24.2 Å². The number of hydrogen-bond donors (Lipinski definition) is 2. The van der Waals surface area contributed by atoms with E-state index >= 15 is 0 Å². The molecule has 1 aliphatic rings. The fourth-order valence-corrected chi connectivity index (χ4v) is 2.23. The van der Waals surface area contributed by atoms with Crippen LogP contribution in [0.5, 0.6) is 6.01 Å². The third-order valence-corrected chi connectivity index (χ3v) is 3.19. The summed E-state index contributed by atoms with van der Waals surface area (Å²) in [7, 11) is 1.53. The summed E-state index contributed by atoms with van der Waals surface area (Å²) in [6, 6.07) is 6.61. The lowest BCUT2D eigenvalue weighted by Crippen LogP contribution is -2.26. The molecule has 0 bridgehead atoms. The number of halogens is 1. The van der Waals surface area contributed by atoms with Crippen LogP contribution in [0.3, 0.4) is 0 Å². The first-order valence-corrected chi connectivity index (χ1v) is 6.43. The second-order valence-corrected chi connectivity index (χ2v) is 4.55. The van der Waals surface area contributed by atoms with E-state index in [4.69, 9.17) is 4.74 Å². The average Bonchev–Trinajstić information content (AvgIpc) is 2.47. The van der Waals surface area contributed by atoms with Gasteiger partial charge in [0.1, 0.15) is 11.6 Å². The normalized spacial score (nSPS) is 13.7. The zero-order chi connectivity index (χ0) is 13.9. The summed E-state index contributed by atoms with van der Waals surface area (Å²) >= 11 is 0. The van der Waals surface area contributed by atoms with Crippen molar-refractivity contribution in [1.29, 1.82) is 0 Å². The van der Waals surface area contributed by atoms with Crippen LogP contribution in [0.15, 0.2) is 24.3 Å². The van der Waals surface area contributed by atoms with Crippen LogP contribution >= 0.6 is 0 Å². The predicted molar refractivity (Wildman–Crippen MR) is 73.7 cm³/mol. The number of rotatable bonds is 3. The Labute approximate surface area is 116 Å². The molecule has 2 heterocycles. The highest BCUT2D eigenvalue weighted by molar-refractivity contribution is 5.61. The van der Waals surface area contributed by atoms with Gasteiger partial charge >= 0.3 is 6.01 Å². The number of hydrogen-bond acceptors (Lipinski definition) is 5. The van der Waals surface area contributed by atoms with Crippen LogP contribution in [0.1, 0.15) is 11.3 Å². The number of ether oxygens (including phenoxy) is 1. The summed E-state index contributed by atoms with van der Waals surface area (Å²) in [6.45, 7) is 1.56. The van der Waals surface area contributed by atoms with Gasteiger partial charge in [0, 0.05) is 17.8 Å². The molecular formula is C14H15FN4O. The second kappa shape index (κ2) is 5.42. The van der Waals surface area contributed by atoms with Gasteiger partial charge in [-0.15, -0.1) is 0 Å². The molecule has 20 heavy (non-hydrogen) atoms. The fourth-order valence-electron chi connectivity index (χ4n) is 2.23. The maximum atomic E-state index is 13.2. The van der Waals surface area contributed by atoms with Crippen LogP contribution in [0.25, 0.3) is 0 Å². The molecule has 0 fully saturated rings. The number of anilines is 2. The molecule has 0 spiro atoms. The van der Waals surface area contributed by atoms with Gasteiger partial charge in [-0.05, 0) is 31.2 Å². The van der Waals surface area contributed by atoms with E-state index in [9.17, 15) is 4.39 Å². The Hall–Kier alpha value is -2.21. The zero-order valence-electron chi connectivity index (χ0n) is 11.1. The van der Waals surface area contributed by atoms with Crippen molar-refractivity contribution in [3.63, 3.8) is 0 Å². The smallest absolute Gasteiger partial charge is 0.318 e. The van der Waals surface area contributed by atoms with Gasteiger partial charge in [0.05, 0.1) is 12.8 Å². The minimum atomic E-state index is -0.286. The molecule has 2 aromatic rings. The van der Waals surface area contributed by atoms with Crippen LogP contribution in [0.2, 0.25) is 0 Å². The molecule has 0 saturated carbocycles. The predicted octanol–water partition coefficient (Wildman–Crippen LogP) is 2.01. The molecule has 0 saturated heterocycles.